The van der Waals surface area contributed by atoms with Gasteiger partial charge in [0.1, 0.15) is 6.07 Å². The maximum Gasteiger partial charge on any atom is 0.176 e. The smallest absolute Gasteiger partial charge is 0.176 e. The molecule has 0 aliphatic heterocycles. The summed E-state index contributed by atoms with van der Waals surface area (Å²) in [5, 5.41) is 18.5. The van der Waals surface area contributed by atoms with Crippen molar-refractivity contribution in [1.29, 1.82) is 5.26 Å². The van der Waals surface area contributed by atoms with Crippen LogP contribution in [0.5, 0.6) is 0 Å². The van der Waals surface area contributed by atoms with Gasteiger partial charge in [0.2, 0.25) is 0 Å². The van der Waals surface area contributed by atoms with Crippen molar-refractivity contribution in [2.45, 2.75) is 0 Å². The van der Waals surface area contributed by atoms with E-state index in [9.17, 15) is 5.21 Å². The first-order valence-electron chi connectivity index (χ1n) is 3.38. The number of nitrogens with zero attached hydrogens (tertiary/aromatic N) is 3. The average Bonchev–Trinajstić information content (AvgIpc) is 2.44. The third-order valence-corrected chi connectivity index (χ3v) is 1.67. The van der Waals surface area contributed by atoms with Gasteiger partial charge in [-0.25, -0.2) is 4.98 Å². The number of pyridine rings is 1. The second-order valence-corrected chi connectivity index (χ2v) is 2.37. The zero-order valence-electron chi connectivity index (χ0n) is 6.10. The molecule has 0 radical (unpaired) electrons. The Kier molecular flexibility index (Phi) is 1.25. The van der Waals surface area contributed by atoms with Crippen LogP contribution in [0.4, 0.5) is 0 Å². The van der Waals surface area contributed by atoms with E-state index in [1.165, 1.54) is 6.20 Å². The van der Waals surface area contributed by atoms with Crippen molar-refractivity contribution in [3.05, 3.63) is 30.1 Å². The summed E-state index contributed by atoms with van der Waals surface area (Å²) in [6.45, 7) is 0. The predicted octanol–water partition coefficient (Wildman–Crippen LogP) is 1.15. The lowest BCUT2D eigenvalue weighted by Crippen LogP contribution is -1.87. The van der Waals surface area contributed by atoms with Gasteiger partial charge in [0.15, 0.2) is 5.65 Å². The van der Waals surface area contributed by atoms with Crippen molar-refractivity contribution in [2.75, 3.05) is 0 Å². The highest BCUT2D eigenvalue weighted by atomic mass is 16.5. The Morgan fingerprint density at radius 3 is 3.17 bits per heavy atom. The van der Waals surface area contributed by atoms with Gasteiger partial charge in [0, 0.05) is 11.6 Å². The fourth-order valence-electron chi connectivity index (χ4n) is 1.13. The van der Waals surface area contributed by atoms with E-state index in [0.717, 1.165) is 4.73 Å². The summed E-state index contributed by atoms with van der Waals surface area (Å²) in [7, 11) is 0. The van der Waals surface area contributed by atoms with Gasteiger partial charge < -0.3 is 5.21 Å². The van der Waals surface area contributed by atoms with Crippen LogP contribution in [-0.2, 0) is 0 Å². The lowest BCUT2D eigenvalue weighted by atomic mass is 10.2. The van der Waals surface area contributed by atoms with Crippen LogP contribution in [0.3, 0.4) is 0 Å². The molecule has 0 aliphatic rings. The maximum absolute atomic E-state index is 9.23. The number of aromatic nitrogens is 2. The van der Waals surface area contributed by atoms with Gasteiger partial charge in [-0.2, -0.15) is 9.99 Å². The highest BCUT2D eigenvalue weighted by Gasteiger charge is 2.06. The standard InChI is InChI=1S/C8H5N3O/c9-4-6-5-11(12)8-7(6)2-1-3-10-8/h1-3,5,12H. The Bertz CT molecular complexity index is 467. The molecule has 0 atom stereocenters. The normalized spacial score (nSPS) is 9.92. The Morgan fingerprint density at radius 1 is 1.58 bits per heavy atom. The van der Waals surface area contributed by atoms with E-state index in [1.807, 2.05) is 6.07 Å². The molecule has 1 N–H and O–H groups in total. The fraction of sp³-hybridized carbons (Fsp3) is 0. The van der Waals surface area contributed by atoms with Crippen LogP contribution in [0.25, 0.3) is 11.0 Å². The summed E-state index contributed by atoms with van der Waals surface area (Å²) in [4.78, 5) is 3.91. The van der Waals surface area contributed by atoms with Crippen molar-refractivity contribution in [3.63, 3.8) is 0 Å². The van der Waals surface area contributed by atoms with E-state index in [2.05, 4.69) is 4.98 Å². The van der Waals surface area contributed by atoms with Crippen molar-refractivity contribution < 1.29 is 5.21 Å². The van der Waals surface area contributed by atoms with Gasteiger partial charge in [-0.15, -0.1) is 0 Å². The minimum absolute atomic E-state index is 0.411. The topological polar surface area (TPSA) is 61.8 Å². The summed E-state index contributed by atoms with van der Waals surface area (Å²) in [6.07, 6.45) is 2.91. The SMILES string of the molecule is N#Cc1cn(O)c2ncccc12. The minimum atomic E-state index is 0.411. The van der Waals surface area contributed by atoms with Gasteiger partial charge in [-0.1, -0.05) is 0 Å². The fourth-order valence-corrected chi connectivity index (χ4v) is 1.13. The van der Waals surface area contributed by atoms with Gasteiger partial charge >= 0.3 is 0 Å². The largest absolute Gasteiger partial charge is 0.427 e. The zero-order chi connectivity index (χ0) is 8.55. The second-order valence-electron chi connectivity index (χ2n) is 2.37. The molecule has 0 saturated heterocycles. The first-order valence-corrected chi connectivity index (χ1v) is 3.38. The molecule has 0 unspecified atom stereocenters. The maximum atomic E-state index is 9.23. The van der Waals surface area contributed by atoms with Crippen LogP contribution in [-0.4, -0.2) is 14.9 Å². The van der Waals surface area contributed by atoms with Crippen LogP contribution < -0.4 is 0 Å². The lowest BCUT2D eigenvalue weighted by molar-refractivity contribution is 0.198. The summed E-state index contributed by atoms with van der Waals surface area (Å²) >= 11 is 0. The Labute approximate surface area is 68.3 Å². The summed E-state index contributed by atoms with van der Waals surface area (Å²) in [6, 6.07) is 5.44. The quantitative estimate of drug-likeness (QED) is 0.586. The summed E-state index contributed by atoms with van der Waals surface area (Å²) < 4.78 is 0.855. The van der Waals surface area contributed by atoms with E-state index in [-0.39, 0.29) is 0 Å². The van der Waals surface area contributed by atoms with Crippen LogP contribution in [0.2, 0.25) is 0 Å². The van der Waals surface area contributed by atoms with Gasteiger partial charge in [0.05, 0.1) is 11.8 Å². The average molecular weight is 159 g/mol. The number of rotatable bonds is 0. The number of hydrogen-bond donors (Lipinski definition) is 1. The number of fused-ring (bicyclic) bond motifs is 1. The molecule has 58 valence electrons. The number of hydrogen-bond acceptors (Lipinski definition) is 3. The monoisotopic (exact) mass is 159 g/mol. The predicted molar refractivity (Wildman–Crippen MR) is 41.6 cm³/mol. The van der Waals surface area contributed by atoms with Crippen LogP contribution in [0.1, 0.15) is 5.56 Å². The van der Waals surface area contributed by atoms with Crippen molar-refractivity contribution >= 4 is 11.0 Å². The minimum Gasteiger partial charge on any atom is -0.427 e. The summed E-state index contributed by atoms with van der Waals surface area (Å²) in [5.41, 5.74) is 0.842. The van der Waals surface area contributed by atoms with E-state index >= 15 is 0 Å². The van der Waals surface area contributed by atoms with E-state index in [1.54, 1.807) is 18.3 Å². The molecular weight excluding hydrogens is 154 g/mol. The first kappa shape index (κ1) is 6.68. The molecule has 2 aromatic heterocycles. The van der Waals surface area contributed by atoms with E-state index in [4.69, 9.17) is 5.26 Å². The Balaban J connectivity index is 2.94. The molecule has 4 nitrogen and oxygen atoms in total. The van der Waals surface area contributed by atoms with Crippen LogP contribution in [0.15, 0.2) is 24.5 Å². The van der Waals surface area contributed by atoms with Crippen molar-refractivity contribution in [1.82, 2.24) is 9.71 Å². The molecular formula is C8H5N3O. The molecule has 0 saturated carbocycles. The molecule has 4 heteroatoms. The molecule has 0 spiro atoms. The third kappa shape index (κ3) is 0.736. The molecule has 2 rings (SSSR count). The number of nitriles is 1. The molecule has 12 heavy (non-hydrogen) atoms. The van der Waals surface area contributed by atoms with Gasteiger partial charge in [-0.3, -0.25) is 0 Å². The molecule has 2 aromatic rings. The van der Waals surface area contributed by atoms with Gasteiger partial charge in [0.25, 0.3) is 0 Å². The highest BCUT2D eigenvalue weighted by molar-refractivity contribution is 5.82. The zero-order valence-corrected chi connectivity index (χ0v) is 6.10. The molecule has 0 aliphatic carbocycles. The molecule has 2 heterocycles. The lowest BCUT2D eigenvalue weighted by Gasteiger charge is -1.89. The second kappa shape index (κ2) is 2.24. The first-order chi connectivity index (χ1) is 5.83. The van der Waals surface area contributed by atoms with Gasteiger partial charge in [-0.05, 0) is 12.1 Å². The Hall–Kier alpha value is -2.02. The highest BCUT2D eigenvalue weighted by Crippen LogP contribution is 2.16. The molecule has 0 bridgehead atoms. The van der Waals surface area contributed by atoms with E-state index < -0.39 is 0 Å². The van der Waals surface area contributed by atoms with Crippen LogP contribution in [0, 0.1) is 11.3 Å². The molecule has 0 fully saturated rings. The van der Waals surface area contributed by atoms with Crippen molar-refractivity contribution in [3.8, 4) is 6.07 Å². The Morgan fingerprint density at radius 2 is 2.42 bits per heavy atom. The summed E-state index contributed by atoms with van der Waals surface area (Å²) in [5.74, 6) is 0. The van der Waals surface area contributed by atoms with E-state index in [0.29, 0.717) is 16.6 Å². The molecule has 0 amide bonds. The molecule has 0 aromatic carbocycles. The van der Waals surface area contributed by atoms with Crippen molar-refractivity contribution in [2.24, 2.45) is 0 Å². The van der Waals surface area contributed by atoms with Crippen LogP contribution >= 0.6 is 0 Å². The third-order valence-electron chi connectivity index (χ3n) is 1.67.